The van der Waals surface area contributed by atoms with E-state index in [1.165, 1.54) is 12.1 Å². The monoisotopic (exact) mass is 284 g/mol. The number of halogens is 2. The van der Waals surface area contributed by atoms with E-state index in [9.17, 15) is 4.39 Å². The Kier molecular flexibility index (Phi) is 4.77. The van der Waals surface area contributed by atoms with E-state index >= 15 is 0 Å². The first-order valence-corrected chi connectivity index (χ1v) is 6.93. The second-order valence-corrected chi connectivity index (χ2v) is 5.18. The molecule has 0 saturated heterocycles. The Hall–Kier alpha value is -1.13. The van der Waals surface area contributed by atoms with Crippen molar-refractivity contribution in [1.29, 1.82) is 0 Å². The molecule has 0 saturated carbocycles. The molecule has 0 aliphatic heterocycles. The summed E-state index contributed by atoms with van der Waals surface area (Å²) in [6.07, 6.45) is 0. The van der Waals surface area contributed by atoms with Crippen LogP contribution in [0.5, 0.6) is 0 Å². The Balaban J connectivity index is 2.16. The van der Waals surface area contributed by atoms with Crippen LogP contribution in [0.3, 0.4) is 0 Å². The summed E-state index contributed by atoms with van der Waals surface area (Å²) in [7, 11) is 0. The lowest BCUT2D eigenvalue weighted by molar-refractivity contribution is 0.103. The van der Waals surface area contributed by atoms with Crippen LogP contribution in [0.4, 0.5) is 4.39 Å². The van der Waals surface area contributed by atoms with Gasteiger partial charge in [0.05, 0.1) is 23.5 Å². The van der Waals surface area contributed by atoms with Crippen molar-refractivity contribution in [2.75, 3.05) is 13.2 Å². The van der Waals surface area contributed by atoms with E-state index in [0.717, 1.165) is 17.9 Å². The van der Waals surface area contributed by atoms with Crippen LogP contribution in [0.1, 0.15) is 19.7 Å². The quantitative estimate of drug-likeness (QED) is 0.599. The highest BCUT2D eigenvalue weighted by Gasteiger charge is 2.10. The van der Waals surface area contributed by atoms with Crippen LogP contribution in [-0.2, 0) is 17.2 Å². The zero-order chi connectivity index (χ0) is 13.8. The summed E-state index contributed by atoms with van der Waals surface area (Å²) in [6.45, 7) is 6.23. The molecule has 0 aliphatic carbocycles. The number of fused-ring (bicyclic) bond motifs is 1. The van der Waals surface area contributed by atoms with Gasteiger partial charge in [-0.2, -0.15) is 0 Å². The highest BCUT2D eigenvalue weighted by molar-refractivity contribution is 6.16. The Bertz CT molecular complexity index is 554. The molecule has 1 aromatic carbocycles. The zero-order valence-electron chi connectivity index (χ0n) is 11.2. The Labute approximate surface area is 117 Å². The Morgan fingerprint density at radius 1 is 1.42 bits per heavy atom. The topological polar surface area (TPSA) is 27.1 Å². The van der Waals surface area contributed by atoms with Crippen LogP contribution in [0.2, 0.25) is 0 Å². The van der Waals surface area contributed by atoms with Gasteiger partial charge in [-0.05, 0) is 18.1 Å². The maximum Gasteiger partial charge on any atom is 0.125 e. The third-order valence-electron chi connectivity index (χ3n) is 2.82. The molecule has 0 amide bonds. The number of aromatic nitrogens is 2. The van der Waals surface area contributed by atoms with E-state index in [4.69, 9.17) is 16.3 Å². The normalized spacial score (nSPS) is 11.6. The van der Waals surface area contributed by atoms with Crippen LogP contribution in [0.15, 0.2) is 18.2 Å². The molecule has 3 nitrogen and oxygen atoms in total. The van der Waals surface area contributed by atoms with Gasteiger partial charge in [0.1, 0.15) is 11.6 Å². The minimum Gasteiger partial charge on any atom is -0.379 e. The van der Waals surface area contributed by atoms with Crippen molar-refractivity contribution in [3.63, 3.8) is 0 Å². The molecule has 0 bridgehead atoms. The van der Waals surface area contributed by atoms with Crippen LogP contribution < -0.4 is 0 Å². The van der Waals surface area contributed by atoms with E-state index in [1.54, 1.807) is 6.07 Å². The predicted molar refractivity (Wildman–Crippen MR) is 74.9 cm³/mol. The molecule has 19 heavy (non-hydrogen) atoms. The van der Waals surface area contributed by atoms with Crippen molar-refractivity contribution < 1.29 is 9.13 Å². The van der Waals surface area contributed by atoms with Gasteiger partial charge < -0.3 is 9.30 Å². The van der Waals surface area contributed by atoms with Gasteiger partial charge in [-0.25, -0.2) is 9.37 Å². The molecule has 0 spiro atoms. The molecule has 0 N–H and O–H groups in total. The number of hydrogen-bond donors (Lipinski definition) is 0. The molecule has 0 atom stereocenters. The van der Waals surface area contributed by atoms with Crippen molar-refractivity contribution in [2.45, 2.75) is 26.3 Å². The third kappa shape index (κ3) is 3.45. The largest absolute Gasteiger partial charge is 0.379 e. The van der Waals surface area contributed by atoms with E-state index in [0.29, 0.717) is 30.5 Å². The van der Waals surface area contributed by atoms with Crippen LogP contribution >= 0.6 is 11.6 Å². The molecular formula is C14H18ClFN2O. The van der Waals surface area contributed by atoms with Gasteiger partial charge in [-0.15, -0.1) is 11.6 Å². The molecule has 1 heterocycles. The van der Waals surface area contributed by atoms with Crippen LogP contribution in [0.25, 0.3) is 11.0 Å². The second-order valence-electron chi connectivity index (χ2n) is 4.92. The number of benzene rings is 1. The number of alkyl halides is 1. The fourth-order valence-corrected chi connectivity index (χ4v) is 2.18. The van der Waals surface area contributed by atoms with Gasteiger partial charge in [-0.3, -0.25) is 0 Å². The summed E-state index contributed by atoms with van der Waals surface area (Å²) in [5, 5.41) is 0. The third-order valence-corrected chi connectivity index (χ3v) is 3.06. The number of nitrogens with zero attached hydrogens (tertiary/aromatic N) is 2. The zero-order valence-corrected chi connectivity index (χ0v) is 12.0. The highest BCUT2D eigenvalue weighted by atomic mass is 35.5. The molecule has 104 valence electrons. The summed E-state index contributed by atoms with van der Waals surface area (Å²) in [5.41, 5.74) is 1.53. The molecule has 2 rings (SSSR count). The van der Waals surface area contributed by atoms with Gasteiger partial charge in [-0.1, -0.05) is 13.8 Å². The first-order valence-electron chi connectivity index (χ1n) is 6.40. The number of hydrogen-bond acceptors (Lipinski definition) is 2. The molecule has 0 aliphatic rings. The average Bonchev–Trinajstić information content (AvgIpc) is 2.71. The number of ether oxygens (including phenoxy) is 1. The van der Waals surface area contributed by atoms with Gasteiger partial charge in [0.2, 0.25) is 0 Å². The maximum atomic E-state index is 13.2. The van der Waals surface area contributed by atoms with Crippen molar-refractivity contribution in [3.05, 3.63) is 29.8 Å². The van der Waals surface area contributed by atoms with Crippen molar-refractivity contribution in [3.8, 4) is 0 Å². The molecule has 5 heteroatoms. The van der Waals surface area contributed by atoms with Gasteiger partial charge in [0.25, 0.3) is 0 Å². The minimum atomic E-state index is -0.283. The summed E-state index contributed by atoms with van der Waals surface area (Å²) in [4.78, 5) is 4.34. The molecule has 1 aromatic heterocycles. The van der Waals surface area contributed by atoms with Crippen molar-refractivity contribution in [1.82, 2.24) is 9.55 Å². The number of imidazole rings is 1. The lowest BCUT2D eigenvalue weighted by Crippen LogP contribution is -2.11. The fraction of sp³-hybridized carbons (Fsp3) is 0.500. The number of rotatable bonds is 6. The summed E-state index contributed by atoms with van der Waals surface area (Å²) in [6, 6.07) is 4.60. The average molecular weight is 285 g/mol. The van der Waals surface area contributed by atoms with E-state index in [2.05, 4.69) is 18.8 Å². The van der Waals surface area contributed by atoms with Crippen LogP contribution in [-0.4, -0.2) is 22.8 Å². The lowest BCUT2D eigenvalue weighted by Gasteiger charge is -2.10. The minimum absolute atomic E-state index is 0.283. The first kappa shape index (κ1) is 14.3. The summed E-state index contributed by atoms with van der Waals surface area (Å²) in [5.74, 6) is 1.28. The van der Waals surface area contributed by atoms with Gasteiger partial charge in [0.15, 0.2) is 0 Å². The molecule has 0 fully saturated rings. The maximum absolute atomic E-state index is 13.2. The van der Waals surface area contributed by atoms with E-state index in [-0.39, 0.29) is 5.82 Å². The summed E-state index contributed by atoms with van der Waals surface area (Å²) < 4.78 is 20.7. The first-order chi connectivity index (χ1) is 9.11. The molecule has 0 radical (unpaired) electrons. The van der Waals surface area contributed by atoms with Crippen molar-refractivity contribution >= 4 is 22.6 Å². The smallest absolute Gasteiger partial charge is 0.125 e. The Morgan fingerprint density at radius 2 is 2.21 bits per heavy atom. The van der Waals surface area contributed by atoms with Crippen LogP contribution in [0, 0.1) is 11.7 Å². The van der Waals surface area contributed by atoms with E-state index < -0.39 is 0 Å². The van der Waals surface area contributed by atoms with Gasteiger partial charge >= 0.3 is 0 Å². The standard InChI is InChI=1S/C14H18ClFN2O/c1-10(2)9-19-6-5-18-13-4-3-11(16)7-12(13)17-14(18)8-15/h3-4,7,10H,5-6,8-9H2,1-2H3. The fourth-order valence-electron chi connectivity index (χ4n) is 1.98. The Morgan fingerprint density at radius 3 is 2.89 bits per heavy atom. The summed E-state index contributed by atoms with van der Waals surface area (Å²) >= 11 is 5.89. The molecular weight excluding hydrogens is 267 g/mol. The van der Waals surface area contributed by atoms with Crippen molar-refractivity contribution in [2.24, 2.45) is 5.92 Å². The highest BCUT2D eigenvalue weighted by Crippen LogP contribution is 2.18. The predicted octanol–water partition coefficient (Wildman–Crippen LogP) is 3.59. The second kappa shape index (κ2) is 6.35. The lowest BCUT2D eigenvalue weighted by atomic mass is 10.2. The molecule has 0 unspecified atom stereocenters. The van der Waals surface area contributed by atoms with Gasteiger partial charge in [0, 0.05) is 19.2 Å². The molecule has 2 aromatic rings. The SMILES string of the molecule is CC(C)COCCn1c(CCl)nc2cc(F)ccc21. The van der Waals surface area contributed by atoms with E-state index in [1.807, 2.05) is 4.57 Å².